The fraction of sp³-hybridized carbons (Fsp3) is 0.400. The number of hydrogen-bond donors (Lipinski definition) is 0. The van der Waals surface area contributed by atoms with Gasteiger partial charge >= 0.3 is 0 Å². The van der Waals surface area contributed by atoms with Crippen molar-refractivity contribution >= 4 is 29.3 Å². The van der Waals surface area contributed by atoms with E-state index in [0.29, 0.717) is 18.9 Å². The molecule has 1 aliphatic rings. The standard InChI is InChI=1S/C20H24N6O2S/c1-14-12-18(26-20(23-14)21-13-22-26)24-8-10-25(11-9-24)19(27)15(2)29-17-6-4-16(28-3)5-7-17/h4-7,12-13,15H,8-11H2,1-3H3. The lowest BCUT2D eigenvalue weighted by Crippen LogP contribution is -2.51. The minimum atomic E-state index is -0.139. The normalized spacial score (nSPS) is 15.6. The molecule has 8 nitrogen and oxygen atoms in total. The molecule has 152 valence electrons. The Hall–Kier alpha value is -2.81. The predicted octanol–water partition coefficient (Wildman–Crippen LogP) is 2.27. The SMILES string of the molecule is COc1ccc(SC(C)C(=O)N2CCN(c3cc(C)nc4ncnn34)CC2)cc1. The second-order valence-electron chi connectivity index (χ2n) is 6.98. The summed E-state index contributed by atoms with van der Waals surface area (Å²) in [5.41, 5.74) is 0.906. The van der Waals surface area contributed by atoms with Crippen LogP contribution < -0.4 is 9.64 Å². The zero-order valence-corrected chi connectivity index (χ0v) is 17.6. The van der Waals surface area contributed by atoms with Gasteiger partial charge in [0.2, 0.25) is 5.91 Å². The number of amides is 1. The second-order valence-corrected chi connectivity index (χ2v) is 8.39. The molecule has 1 aromatic carbocycles. The first-order chi connectivity index (χ1) is 14.0. The molecule has 0 bridgehead atoms. The van der Waals surface area contributed by atoms with Crippen molar-refractivity contribution in [3.8, 4) is 5.75 Å². The number of methoxy groups -OCH3 is 1. The number of benzene rings is 1. The highest BCUT2D eigenvalue weighted by atomic mass is 32.2. The van der Waals surface area contributed by atoms with E-state index in [4.69, 9.17) is 4.74 Å². The van der Waals surface area contributed by atoms with Crippen LogP contribution in [0.1, 0.15) is 12.6 Å². The maximum atomic E-state index is 12.9. The van der Waals surface area contributed by atoms with E-state index in [1.807, 2.05) is 49.1 Å². The Morgan fingerprint density at radius 3 is 2.59 bits per heavy atom. The van der Waals surface area contributed by atoms with Crippen LogP contribution in [0.4, 0.5) is 5.82 Å². The lowest BCUT2D eigenvalue weighted by atomic mass is 10.2. The van der Waals surface area contributed by atoms with Crippen LogP contribution in [0, 0.1) is 6.92 Å². The minimum absolute atomic E-state index is 0.139. The molecule has 1 amide bonds. The van der Waals surface area contributed by atoms with Crippen LogP contribution in [0.2, 0.25) is 0 Å². The monoisotopic (exact) mass is 412 g/mol. The van der Waals surface area contributed by atoms with Gasteiger partial charge in [-0.3, -0.25) is 4.79 Å². The Morgan fingerprint density at radius 1 is 1.17 bits per heavy atom. The first-order valence-corrected chi connectivity index (χ1v) is 10.4. The highest BCUT2D eigenvalue weighted by Crippen LogP contribution is 2.27. The topological polar surface area (TPSA) is 75.9 Å². The van der Waals surface area contributed by atoms with Crippen molar-refractivity contribution in [3.05, 3.63) is 42.4 Å². The molecule has 29 heavy (non-hydrogen) atoms. The summed E-state index contributed by atoms with van der Waals surface area (Å²) in [6, 6.07) is 9.82. The first-order valence-electron chi connectivity index (χ1n) is 9.57. The number of aromatic nitrogens is 4. The van der Waals surface area contributed by atoms with Crippen molar-refractivity contribution in [3.63, 3.8) is 0 Å². The van der Waals surface area contributed by atoms with Crippen molar-refractivity contribution in [1.82, 2.24) is 24.5 Å². The average Bonchev–Trinajstić information content (AvgIpc) is 3.21. The van der Waals surface area contributed by atoms with Gasteiger partial charge in [0.15, 0.2) is 0 Å². The molecule has 0 N–H and O–H groups in total. The van der Waals surface area contributed by atoms with Crippen LogP contribution >= 0.6 is 11.8 Å². The van der Waals surface area contributed by atoms with Gasteiger partial charge in [0.05, 0.1) is 12.4 Å². The lowest BCUT2D eigenvalue weighted by molar-refractivity contribution is -0.130. The van der Waals surface area contributed by atoms with Gasteiger partial charge in [0, 0.05) is 42.8 Å². The summed E-state index contributed by atoms with van der Waals surface area (Å²) in [5, 5.41) is 4.15. The Kier molecular flexibility index (Phi) is 5.57. The Labute approximate surface area is 173 Å². The number of anilines is 1. The predicted molar refractivity (Wildman–Crippen MR) is 113 cm³/mol. The van der Waals surface area contributed by atoms with Gasteiger partial charge in [-0.2, -0.15) is 14.6 Å². The molecule has 1 saturated heterocycles. The summed E-state index contributed by atoms with van der Waals surface area (Å²) >= 11 is 1.58. The summed E-state index contributed by atoms with van der Waals surface area (Å²) in [7, 11) is 1.65. The average molecular weight is 413 g/mol. The largest absolute Gasteiger partial charge is 0.497 e. The molecule has 0 spiro atoms. The maximum Gasteiger partial charge on any atom is 0.254 e. The number of nitrogens with zero attached hydrogens (tertiary/aromatic N) is 6. The minimum Gasteiger partial charge on any atom is -0.497 e. The van der Waals surface area contributed by atoms with Crippen molar-refractivity contribution in [1.29, 1.82) is 0 Å². The van der Waals surface area contributed by atoms with E-state index in [9.17, 15) is 4.79 Å². The Bertz CT molecular complexity index is 998. The third kappa shape index (κ3) is 4.14. The number of rotatable bonds is 5. The van der Waals surface area contributed by atoms with Gasteiger partial charge in [-0.1, -0.05) is 0 Å². The fourth-order valence-corrected chi connectivity index (χ4v) is 4.41. The summed E-state index contributed by atoms with van der Waals surface area (Å²) in [6.45, 7) is 6.80. The third-order valence-electron chi connectivity index (χ3n) is 5.00. The van der Waals surface area contributed by atoms with Crippen molar-refractivity contribution in [2.75, 3.05) is 38.2 Å². The van der Waals surface area contributed by atoms with E-state index < -0.39 is 0 Å². The Balaban J connectivity index is 1.38. The van der Waals surface area contributed by atoms with E-state index in [1.165, 1.54) is 6.33 Å². The van der Waals surface area contributed by atoms with E-state index in [2.05, 4.69) is 20.0 Å². The fourth-order valence-electron chi connectivity index (χ4n) is 3.46. The Morgan fingerprint density at radius 2 is 1.90 bits per heavy atom. The van der Waals surface area contributed by atoms with Gasteiger partial charge in [-0.25, -0.2) is 4.98 Å². The number of carbonyl (C=O) groups excluding carboxylic acids is 1. The summed E-state index contributed by atoms with van der Waals surface area (Å²) < 4.78 is 6.95. The maximum absolute atomic E-state index is 12.9. The van der Waals surface area contributed by atoms with Gasteiger partial charge in [-0.15, -0.1) is 11.8 Å². The molecule has 3 aromatic rings. The number of carbonyl (C=O) groups is 1. The summed E-state index contributed by atoms with van der Waals surface area (Å²) in [5.74, 6) is 2.56. The van der Waals surface area contributed by atoms with Crippen molar-refractivity contribution < 1.29 is 9.53 Å². The molecule has 0 saturated carbocycles. The number of fused-ring (bicyclic) bond motifs is 1. The molecule has 1 fully saturated rings. The van der Waals surface area contributed by atoms with Crippen molar-refractivity contribution in [2.45, 2.75) is 24.0 Å². The number of piperazine rings is 1. The molecule has 3 heterocycles. The molecule has 2 aromatic heterocycles. The van der Waals surface area contributed by atoms with E-state index in [1.54, 1.807) is 23.4 Å². The zero-order valence-electron chi connectivity index (χ0n) is 16.8. The molecule has 4 rings (SSSR count). The number of aryl methyl sites for hydroxylation is 1. The van der Waals surface area contributed by atoms with Gasteiger partial charge < -0.3 is 14.5 Å². The lowest BCUT2D eigenvalue weighted by Gasteiger charge is -2.37. The quantitative estimate of drug-likeness (QED) is 0.595. The molecule has 1 unspecified atom stereocenters. The smallest absolute Gasteiger partial charge is 0.254 e. The summed E-state index contributed by atoms with van der Waals surface area (Å²) in [6.07, 6.45) is 1.52. The number of thioether (sulfide) groups is 1. The third-order valence-corrected chi connectivity index (χ3v) is 6.10. The highest BCUT2D eigenvalue weighted by molar-refractivity contribution is 8.00. The van der Waals surface area contributed by atoms with Crippen LogP contribution in [0.5, 0.6) is 5.75 Å². The van der Waals surface area contributed by atoms with Crippen LogP contribution in [0.25, 0.3) is 5.78 Å². The van der Waals surface area contributed by atoms with Crippen molar-refractivity contribution in [2.24, 2.45) is 0 Å². The van der Waals surface area contributed by atoms with Crippen LogP contribution in [0.15, 0.2) is 41.6 Å². The first kappa shape index (κ1) is 19.5. The number of hydrogen-bond acceptors (Lipinski definition) is 7. The van der Waals surface area contributed by atoms with E-state index in [-0.39, 0.29) is 11.2 Å². The second kappa shape index (κ2) is 8.28. The van der Waals surface area contributed by atoms with Crippen LogP contribution in [-0.2, 0) is 4.79 Å². The zero-order chi connectivity index (χ0) is 20.4. The highest BCUT2D eigenvalue weighted by Gasteiger charge is 2.26. The van der Waals surface area contributed by atoms with Gasteiger partial charge in [0.1, 0.15) is 17.9 Å². The molecule has 9 heteroatoms. The summed E-state index contributed by atoms with van der Waals surface area (Å²) in [4.78, 5) is 26.8. The van der Waals surface area contributed by atoms with E-state index in [0.717, 1.165) is 35.2 Å². The van der Waals surface area contributed by atoms with Gasteiger partial charge in [-0.05, 0) is 38.1 Å². The molecular formula is C20H24N6O2S. The molecule has 0 radical (unpaired) electrons. The molecule has 0 aliphatic carbocycles. The van der Waals surface area contributed by atoms with Gasteiger partial charge in [0.25, 0.3) is 5.78 Å². The molecular weight excluding hydrogens is 388 g/mol. The van der Waals surface area contributed by atoms with Crippen LogP contribution in [-0.4, -0.2) is 68.9 Å². The number of ether oxygens (including phenoxy) is 1. The van der Waals surface area contributed by atoms with E-state index >= 15 is 0 Å². The molecule has 1 aliphatic heterocycles. The molecule has 1 atom stereocenters. The van der Waals surface area contributed by atoms with Crippen LogP contribution in [0.3, 0.4) is 0 Å².